The minimum absolute atomic E-state index is 0.668. The smallest absolute Gasteiger partial charge is 0.150 e. The largest absolute Gasteiger partial charge is 0.398 e. The van der Waals surface area contributed by atoms with E-state index in [4.69, 9.17) is 5.73 Å². The first-order valence-corrected chi connectivity index (χ1v) is 4.47. The van der Waals surface area contributed by atoms with Crippen LogP contribution in [-0.4, -0.2) is 6.29 Å². The van der Waals surface area contributed by atoms with Crippen molar-refractivity contribution in [3.05, 3.63) is 41.5 Å². The third-order valence-corrected chi connectivity index (χ3v) is 2.53. The molecule has 0 radical (unpaired) electrons. The lowest BCUT2D eigenvalue weighted by Gasteiger charge is -2.07. The van der Waals surface area contributed by atoms with Crippen LogP contribution >= 0.6 is 0 Å². The lowest BCUT2D eigenvalue weighted by molar-refractivity contribution is 0.112. The number of nitrogen functional groups attached to an aromatic ring is 1. The number of carbonyl (C=O) groups is 1. The fraction of sp³-hybridized carbons (Fsp3) is 0.0833. The maximum Gasteiger partial charge on any atom is 0.150 e. The molecule has 2 rings (SSSR count). The van der Waals surface area contributed by atoms with Gasteiger partial charge >= 0.3 is 0 Å². The van der Waals surface area contributed by atoms with Crippen LogP contribution in [0.5, 0.6) is 0 Å². The molecule has 0 heterocycles. The minimum Gasteiger partial charge on any atom is -0.398 e. The zero-order valence-corrected chi connectivity index (χ0v) is 7.95. The average molecular weight is 185 g/mol. The fourth-order valence-electron chi connectivity index (χ4n) is 1.62. The summed E-state index contributed by atoms with van der Waals surface area (Å²) >= 11 is 0. The second kappa shape index (κ2) is 3.14. The molecule has 0 aromatic heterocycles. The number of rotatable bonds is 1. The number of carbonyl (C=O) groups excluding carboxylic acids is 1. The molecule has 0 aliphatic heterocycles. The number of hydrogen-bond donors (Lipinski definition) is 1. The van der Waals surface area contributed by atoms with Crippen molar-refractivity contribution in [1.82, 2.24) is 0 Å². The zero-order valence-electron chi connectivity index (χ0n) is 7.95. The summed E-state index contributed by atoms with van der Waals surface area (Å²) in [5.41, 5.74) is 8.16. The molecule has 2 aromatic rings. The predicted octanol–water partition coefficient (Wildman–Crippen LogP) is 2.54. The van der Waals surface area contributed by atoms with Crippen LogP contribution < -0.4 is 5.73 Å². The van der Waals surface area contributed by atoms with Crippen LogP contribution in [0.1, 0.15) is 15.9 Å². The van der Waals surface area contributed by atoms with E-state index >= 15 is 0 Å². The van der Waals surface area contributed by atoms with Crippen LogP contribution in [0.15, 0.2) is 30.3 Å². The summed E-state index contributed by atoms with van der Waals surface area (Å²) in [6, 6.07) is 9.67. The maximum atomic E-state index is 10.8. The average Bonchev–Trinajstić information content (AvgIpc) is 2.23. The van der Waals surface area contributed by atoms with Gasteiger partial charge in [-0.25, -0.2) is 0 Å². The fourth-order valence-corrected chi connectivity index (χ4v) is 1.62. The molecule has 2 nitrogen and oxygen atoms in total. The van der Waals surface area contributed by atoms with Crippen molar-refractivity contribution in [2.45, 2.75) is 6.92 Å². The monoisotopic (exact) mass is 185 g/mol. The Labute approximate surface area is 82.3 Å². The molecule has 0 saturated heterocycles. The van der Waals surface area contributed by atoms with E-state index in [0.29, 0.717) is 11.3 Å². The van der Waals surface area contributed by atoms with Crippen LogP contribution in [0.2, 0.25) is 0 Å². The molecular formula is C12H11NO. The van der Waals surface area contributed by atoms with Crippen molar-refractivity contribution in [3.8, 4) is 0 Å². The van der Waals surface area contributed by atoms with Gasteiger partial charge in [-0.3, -0.25) is 4.79 Å². The molecule has 0 bridgehead atoms. The van der Waals surface area contributed by atoms with Gasteiger partial charge in [0, 0.05) is 16.6 Å². The van der Waals surface area contributed by atoms with E-state index in [9.17, 15) is 4.79 Å². The first kappa shape index (κ1) is 8.75. The molecule has 0 aliphatic carbocycles. The molecule has 2 aromatic carbocycles. The summed E-state index contributed by atoms with van der Waals surface area (Å²) in [5, 5.41) is 2.02. The molecule has 0 amide bonds. The van der Waals surface area contributed by atoms with Crippen molar-refractivity contribution in [1.29, 1.82) is 0 Å². The van der Waals surface area contributed by atoms with Crippen molar-refractivity contribution in [2.24, 2.45) is 0 Å². The van der Waals surface area contributed by atoms with E-state index in [2.05, 4.69) is 0 Å². The highest BCUT2D eigenvalue weighted by Gasteiger charge is 2.05. The predicted molar refractivity (Wildman–Crippen MR) is 58.5 cm³/mol. The molecule has 0 unspecified atom stereocenters. The van der Waals surface area contributed by atoms with E-state index in [1.807, 2.05) is 37.3 Å². The summed E-state index contributed by atoms with van der Waals surface area (Å²) in [6.07, 6.45) is 0.845. The van der Waals surface area contributed by atoms with Gasteiger partial charge in [0.25, 0.3) is 0 Å². The van der Waals surface area contributed by atoms with Crippen LogP contribution in [0.3, 0.4) is 0 Å². The van der Waals surface area contributed by atoms with Gasteiger partial charge in [0.05, 0.1) is 0 Å². The summed E-state index contributed by atoms with van der Waals surface area (Å²) in [6.45, 7) is 1.87. The number of anilines is 1. The standard InChI is InChI=1S/C12H11NO/c1-8-10(7-14)6-9-4-2-3-5-11(9)12(8)13/h2-7H,13H2,1H3. The van der Waals surface area contributed by atoms with E-state index in [1.165, 1.54) is 0 Å². The van der Waals surface area contributed by atoms with Crippen LogP contribution in [0.25, 0.3) is 10.8 Å². The van der Waals surface area contributed by atoms with Crippen LogP contribution in [0.4, 0.5) is 5.69 Å². The molecule has 0 atom stereocenters. The van der Waals surface area contributed by atoms with E-state index < -0.39 is 0 Å². The Bertz CT molecular complexity index is 503. The molecule has 0 saturated carbocycles. The Morgan fingerprint density at radius 1 is 1.29 bits per heavy atom. The summed E-state index contributed by atoms with van der Waals surface area (Å²) < 4.78 is 0. The van der Waals surface area contributed by atoms with Gasteiger partial charge in [0.2, 0.25) is 0 Å². The van der Waals surface area contributed by atoms with Crippen LogP contribution in [-0.2, 0) is 0 Å². The van der Waals surface area contributed by atoms with Gasteiger partial charge in [-0.05, 0) is 23.9 Å². The van der Waals surface area contributed by atoms with Crippen LogP contribution in [0, 0.1) is 6.92 Å². The summed E-state index contributed by atoms with van der Waals surface area (Å²) in [4.78, 5) is 10.8. The van der Waals surface area contributed by atoms with Crippen molar-refractivity contribution < 1.29 is 4.79 Å². The zero-order chi connectivity index (χ0) is 10.1. The SMILES string of the molecule is Cc1c(C=O)cc2ccccc2c1N. The van der Waals surface area contributed by atoms with E-state index in [-0.39, 0.29) is 0 Å². The Kier molecular flexibility index (Phi) is 1.97. The quantitative estimate of drug-likeness (QED) is 0.548. The Morgan fingerprint density at radius 2 is 2.00 bits per heavy atom. The molecule has 14 heavy (non-hydrogen) atoms. The highest BCUT2D eigenvalue weighted by molar-refractivity contribution is 5.99. The number of hydrogen-bond acceptors (Lipinski definition) is 2. The Morgan fingerprint density at radius 3 is 2.71 bits per heavy atom. The first-order valence-electron chi connectivity index (χ1n) is 4.47. The molecule has 0 spiro atoms. The van der Waals surface area contributed by atoms with Gasteiger partial charge < -0.3 is 5.73 Å². The minimum atomic E-state index is 0.668. The number of aldehydes is 1. The lowest BCUT2D eigenvalue weighted by Crippen LogP contribution is -1.96. The normalized spacial score (nSPS) is 10.4. The molecule has 0 aliphatic rings. The first-order chi connectivity index (χ1) is 6.74. The number of fused-ring (bicyclic) bond motifs is 1. The molecule has 0 fully saturated rings. The second-order valence-corrected chi connectivity index (χ2v) is 3.34. The van der Waals surface area contributed by atoms with Crippen molar-refractivity contribution in [3.63, 3.8) is 0 Å². The Hall–Kier alpha value is -1.83. The van der Waals surface area contributed by atoms with E-state index in [0.717, 1.165) is 22.6 Å². The summed E-state index contributed by atoms with van der Waals surface area (Å²) in [7, 11) is 0. The highest BCUT2D eigenvalue weighted by Crippen LogP contribution is 2.26. The van der Waals surface area contributed by atoms with Gasteiger partial charge in [-0.1, -0.05) is 24.3 Å². The second-order valence-electron chi connectivity index (χ2n) is 3.34. The van der Waals surface area contributed by atoms with Gasteiger partial charge in [-0.2, -0.15) is 0 Å². The van der Waals surface area contributed by atoms with Crippen molar-refractivity contribution in [2.75, 3.05) is 5.73 Å². The molecular weight excluding hydrogens is 174 g/mol. The molecule has 2 heteroatoms. The number of benzene rings is 2. The lowest BCUT2D eigenvalue weighted by atomic mass is 10.0. The van der Waals surface area contributed by atoms with Gasteiger partial charge in [-0.15, -0.1) is 0 Å². The highest BCUT2D eigenvalue weighted by atomic mass is 16.1. The summed E-state index contributed by atoms with van der Waals surface area (Å²) in [5.74, 6) is 0. The topological polar surface area (TPSA) is 43.1 Å². The number of nitrogens with two attached hydrogens (primary N) is 1. The van der Waals surface area contributed by atoms with Gasteiger partial charge in [0.15, 0.2) is 0 Å². The third kappa shape index (κ3) is 1.16. The van der Waals surface area contributed by atoms with E-state index in [1.54, 1.807) is 0 Å². The van der Waals surface area contributed by atoms with Gasteiger partial charge in [0.1, 0.15) is 6.29 Å². The molecule has 70 valence electrons. The maximum absolute atomic E-state index is 10.8. The molecule has 2 N–H and O–H groups in total. The third-order valence-electron chi connectivity index (χ3n) is 2.53. The Balaban J connectivity index is 2.91. The van der Waals surface area contributed by atoms with Crippen molar-refractivity contribution >= 4 is 22.7 Å².